The quantitative estimate of drug-likeness (QED) is 0.636. The van der Waals surface area contributed by atoms with Crippen LogP contribution in [0.4, 0.5) is 4.79 Å². The maximum Gasteiger partial charge on any atom is 0.407 e. The molecule has 0 spiro atoms. The zero-order valence-corrected chi connectivity index (χ0v) is 17.0. The summed E-state index contributed by atoms with van der Waals surface area (Å²) in [6.07, 6.45) is 2.30. The summed E-state index contributed by atoms with van der Waals surface area (Å²) >= 11 is 6.20. The fraction of sp³-hybridized carbons (Fsp3) is 0.211. The highest BCUT2D eigenvalue weighted by molar-refractivity contribution is 7.90. The molecule has 0 saturated heterocycles. The first-order chi connectivity index (χ1) is 13.8. The van der Waals surface area contributed by atoms with Gasteiger partial charge in [0.1, 0.15) is 11.5 Å². The van der Waals surface area contributed by atoms with Crippen LogP contribution >= 0.6 is 11.6 Å². The molecule has 2 aromatic heterocycles. The number of hydrogen-bond acceptors (Lipinski definition) is 5. The number of hydrogen-bond donors (Lipinski definition) is 1. The Hall–Kier alpha value is -2.91. The molecule has 0 unspecified atom stereocenters. The van der Waals surface area contributed by atoms with Gasteiger partial charge in [-0.25, -0.2) is 27.2 Å². The predicted octanol–water partition coefficient (Wildman–Crippen LogP) is 3.40. The molecule has 1 aliphatic heterocycles. The second-order valence-corrected chi connectivity index (χ2v) is 8.87. The van der Waals surface area contributed by atoms with E-state index in [1.54, 1.807) is 36.4 Å². The van der Waals surface area contributed by atoms with Crippen molar-refractivity contribution in [2.45, 2.75) is 18.2 Å². The van der Waals surface area contributed by atoms with Crippen LogP contribution in [0, 0.1) is 6.92 Å². The number of carboxylic acid groups (broad SMARTS) is 1. The van der Waals surface area contributed by atoms with E-state index >= 15 is 0 Å². The lowest BCUT2D eigenvalue weighted by Crippen LogP contribution is -2.33. The number of aryl methyl sites for hydroxylation is 1. The van der Waals surface area contributed by atoms with E-state index in [-0.39, 0.29) is 28.8 Å². The first-order valence-electron chi connectivity index (χ1n) is 8.80. The summed E-state index contributed by atoms with van der Waals surface area (Å²) in [4.78, 5) is 20.7. The van der Waals surface area contributed by atoms with E-state index in [0.29, 0.717) is 23.1 Å². The van der Waals surface area contributed by atoms with Gasteiger partial charge in [-0.2, -0.15) is 0 Å². The summed E-state index contributed by atoms with van der Waals surface area (Å²) in [5.74, 6) is 0. The molecule has 150 valence electrons. The summed E-state index contributed by atoms with van der Waals surface area (Å²) in [5, 5.41) is 9.73. The molecule has 29 heavy (non-hydrogen) atoms. The van der Waals surface area contributed by atoms with Crippen LogP contribution in [0.3, 0.4) is 0 Å². The maximum atomic E-state index is 13.5. The minimum absolute atomic E-state index is 0.125. The molecular weight excluding hydrogens is 416 g/mol. The van der Waals surface area contributed by atoms with Gasteiger partial charge in [0.15, 0.2) is 5.65 Å². The van der Waals surface area contributed by atoms with Crippen LogP contribution < -0.4 is 0 Å². The molecule has 4 rings (SSSR count). The number of halogens is 1. The molecule has 3 heterocycles. The lowest BCUT2D eigenvalue weighted by molar-refractivity contribution is 0.150. The van der Waals surface area contributed by atoms with Crippen LogP contribution in [0.1, 0.15) is 17.7 Å². The summed E-state index contributed by atoms with van der Waals surface area (Å²) < 4.78 is 28.2. The molecule has 0 aliphatic carbocycles. The minimum atomic E-state index is -3.97. The Bertz CT molecular complexity index is 1250. The van der Waals surface area contributed by atoms with E-state index < -0.39 is 16.1 Å². The predicted molar refractivity (Wildman–Crippen MR) is 108 cm³/mol. The van der Waals surface area contributed by atoms with Crippen molar-refractivity contribution in [3.63, 3.8) is 0 Å². The number of carbonyl (C=O) groups is 1. The third kappa shape index (κ3) is 3.36. The molecule has 0 saturated carbocycles. The Morgan fingerprint density at radius 3 is 2.55 bits per heavy atom. The molecular formula is C19H17ClN4O4S. The fourth-order valence-corrected chi connectivity index (χ4v) is 4.99. The van der Waals surface area contributed by atoms with Gasteiger partial charge in [-0.05, 0) is 37.1 Å². The average Bonchev–Trinajstić information content (AvgIpc) is 3.10. The van der Waals surface area contributed by atoms with E-state index in [4.69, 9.17) is 16.7 Å². The summed E-state index contributed by atoms with van der Waals surface area (Å²) in [6.45, 7) is 2.32. The molecule has 3 aromatic rings. The number of nitrogens with zero attached hydrogens (tertiary/aromatic N) is 4. The number of aromatic nitrogens is 3. The zero-order valence-electron chi connectivity index (χ0n) is 15.4. The Balaban J connectivity index is 1.93. The van der Waals surface area contributed by atoms with Crippen molar-refractivity contribution in [3.8, 4) is 0 Å². The summed E-state index contributed by atoms with van der Waals surface area (Å²) in [6, 6.07) is 8.19. The molecule has 0 bridgehead atoms. The zero-order chi connectivity index (χ0) is 20.8. The van der Waals surface area contributed by atoms with Crippen molar-refractivity contribution in [1.29, 1.82) is 0 Å². The Kier molecular flexibility index (Phi) is 4.79. The van der Waals surface area contributed by atoms with Gasteiger partial charge in [-0.1, -0.05) is 35.4 Å². The monoisotopic (exact) mass is 432 g/mol. The fourth-order valence-electron chi connectivity index (χ4n) is 3.32. The SMILES string of the molecule is Cc1ccc(S(=O)(=O)n2c(C3=CCN(C(=O)O)CC3)cc3c(Cl)ncnc32)cc1. The van der Waals surface area contributed by atoms with E-state index in [1.165, 1.54) is 15.2 Å². The Morgan fingerprint density at radius 1 is 1.21 bits per heavy atom. The number of amides is 1. The van der Waals surface area contributed by atoms with Crippen LogP contribution in [0.15, 0.2) is 47.6 Å². The van der Waals surface area contributed by atoms with Gasteiger partial charge in [0, 0.05) is 13.1 Å². The van der Waals surface area contributed by atoms with Gasteiger partial charge < -0.3 is 10.0 Å². The van der Waals surface area contributed by atoms with Gasteiger partial charge in [-0.15, -0.1) is 0 Å². The molecule has 0 atom stereocenters. The Labute approximate surface area is 172 Å². The smallest absolute Gasteiger partial charge is 0.407 e. The molecule has 0 fully saturated rings. The maximum absolute atomic E-state index is 13.5. The lowest BCUT2D eigenvalue weighted by atomic mass is 10.1. The molecule has 0 radical (unpaired) electrons. The van der Waals surface area contributed by atoms with E-state index in [1.807, 2.05) is 6.92 Å². The van der Waals surface area contributed by atoms with Crippen molar-refractivity contribution in [3.05, 3.63) is 59.1 Å². The van der Waals surface area contributed by atoms with Crippen LogP contribution in [-0.4, -0.2) is 51.5 Å². The standard InChI is InChI=1S/C19H17ClN4O4S/c1-12-2-4-14(5-3-12)29(27,28)24-16(10-15-17(20)21-11-22-18(15)24)13-6-8-23(9-7-13)19(25)26/h2-6,10-11H,7-9H2,1H3,(H,25,26). The third-order valence-corrected chi connectivity index (χ3v) is 6.89. The van der Waals surface area contributed by atoms with Crippen LogP contribution in [-0.2, 0) is 10.0 Å². The van der Waals surface area contributed by atoms with Gasteiger partial charge >= 0.3 is 6.09 Å². The highest BCUT2D eigenvalue weighted by atomic mass is 35.5. The highest BCUT2D eigenvalue weighted by Crippen LogP contribution is 2.33. The van der Waals surface area contributed by atoms with Crippen molar-refractivity contribution in [2.24, 2.45) is 0 Å². The van der Waals surface area contributed by atoms with E-state index in [2.05, 4.69) is 9.97 Å². The highest BCUT2D eigenvalue weighted by Gasteiger charge is 2.28. The number of fused-ring (bicyclic) bond motifs is 1. The van der Waals surface area contributed by atoms with Crippen molar-refractivity contribution < 1.29 is 18.3 Å². The first-order valence-corrected chi connectivity index (χ1v) is 10.6. The second kappa shape index (κ2) is 7.16. The average molecular weight is 433 g/mol. The molecule has 1 N–H and O–H groups in total. The van der Waals surface area contributed by atoms with Crippen LogP contribution in [0.2, 0.25) is 5.15 Å². The molecule has 10 heteroatoms. The summed E-state index contributed by atoms with van der Waals surface area (Å²) in [7, 11) is -3.97. The number of benzene rings is 1. The van der Waals surface area contributed by atoms with Crippen LogP contribution in [0.25, 0.3) is 16.6 Å². The second-order valence-electron chi connectivity index (χ2n) is 6.72. The van der Waals surface area contributed by atoms with Gasteiger partial charge in [0.2, 0.25) is 0 Å². The third-order valence-electron chi connectivity index (χ3n) is 4.87. The van der Waals surface area contributed by atoms with Gasteiger partial charge in [0.25, 0.3) is 10.0 Å². The van der Waals surface area contributed by atoms with Gasteiger partial charge in [-0.3, -0.25) is 0 Å². The molecule has 1 aliphatic rings. The van der Waals surface area contributed by atoms with Crippen LogP contribution in [0.5, 0.6) is 0 Å². The molecule has 1 amide bonds. The van der Waals surface area contributed by atoms with Gasteiger partial charge in [0.05, 0.1) is 16.0 Å². The molecule has 1 aromatic carbocycles. The molecule has 8 nitrogen and oxygen atoms in total. The van der Waals surface area contributed by atoms with E-state index in [9.17, 15) is 13.2 Å². The van der Waals surface area contributed by atoms with Crippen molar-refractivity contribution in [1.82, 2.24) is 18.8 Å². The minimum Gasteiger partial charge on any atom is -0.465 e. The van der Waals surface area contributed by atoms with Crippen molar-refractivity contribution >= 4 is 44.3 Å². The normalized spacial score (nSPS) is 14.8. The Morgan fingerprint density at radius 2 is 1.93 bits per heavy atom. The van der Waals surface area contributed by atoms with Crippen molar-refractivity contribution in [2.75, 3.05) is 13.1 Å². The van der Waals surface area contributed by atoms with E-state index in [0.717, 1.165) is 5.56 Å². The topological polar surface area (TPSA) is 105 Å². The number of rotatable bonds is 3. The lowest BCUT2D eigenvalue weighted by Gasteiger charge is -2.24. The first kappa shape index (κ1) is 19.4. The summed E-state index contributed by atoms with van der Waals surface area (Å²) in [5.41, 5.74) is 2.25. The largest absolute Gasteiger partial charge is 0.465 e.